The molecule has 146 valence electrons. The first kappa shape index (κ1) is 20.3. The number of carbonyl (C=O) groups is 2. The number of ether oxygens (including phenoxy) is 2. The minimum atomic E-state index is -0.351. The van der Waals surface area contributed by atoms with E-state index in [2.05, 4.69) is 24.3 Å². The van der Waals surface area contributed by atoms with Crippen LogP contribution in [-0.2, 0) is 4.79 Å². The SMILES string of the molecule is COc1cc(OC)cc(C(=O)N(CCC(C)C)CC(=O)Nc2ccon2)c1. The van der Waals surface area contributed by atoms with Crippen LogP contribution in [0.2, 0.25) is 0 Å². The normalized spacial score (nSPS) is 10.6. The Hall–Kier alpha value is -3.03. The van der Waals surface area contributed by atoms with E-state index in [1.165, 1.54) is 31.4 Å². The van der Waals surface area contributed by atoms with Crippen molar-refractivity contribution >= 4 is 17.6 Å². The molecule has 1 aromatic carbocycles. The standard InChI is InChI=1S/C19H25N3O5/c1-13(2)5-7-22(12-18(23)20-17-6-8-27-21-17)19(24)14-9-15(25-3)11-16(10-14)26-4/h6,8-11,13H,5,7,12H2,1-4H3,(H,20,21,23). The zero-order valence-corrected chi connectivity index (χ0v) is 16.0. The number of methoxy groups -OCH3 is 2. The molecule has 27 heavy (non-hydrogen) atoms. The van der Waals surface area contributed by atoms with Gasteiger partial charge in [-0.3, -0.25) is 9.59 Å². The van der Waals surface area contributed by atoms with Gasteiger partial charge in [0.15, 0.2) is 5.82 Å². The first-order chi connectivity index (χ1) is 12.9. The lowest BCUT2D eigenvalue weighted by molar-refractivity contribution is -0.117. The average molecular weight is 375 g/mol. The number of amides is 2. The molecule has 2 rings (SSSR count). The van der Waals surface area contributed by atoms with E-state index in [1.807, 2.05) is 0 Å². The Morgan fingerprint density at radius 1 is 1.19 bits per heavy atom. The molecule has 8 nitrogen and oxygen atoms in total. The van der Waals surface area contributed by atoms with Gasteiger partial charge in [0.05, 0.1) is 14.2 Å². The summed E-state index contributed by atoms with van der Waals surface area (Å²) < 4.78 is 15.2. The minimum Gasteiger partial charge on any atom is -0.497 e. The van der Waals surface area contributed by atoms with Gasteiger partial charge in [-0.05, 0) is 24.5 Å². The largest absolute Gasteiger partial charge is 0.497 e. The molecule has 0 aliphatic rings. The van der Waals surface area contributed by atoms with E-state index in [-0.39, 0.29) is 18.4 Å². The van der Waals surface area contributed by atoms with Crippen LogP contribution in [0.3, 0.4) is 0 Å². The maximum atomic E-state index is 13.0. The van der Waals surface area contributed by atoms with Gasteiger partial charge in [-0.2, -0.15) is 0 Å². The van der Waals surface area contributed by atoms with Gasteiger partial charge in [-0.25, -0.2) is 0 Å². The zero-order valence-electron chi connectivity index (χ0n) is 16.0. The van der Waals surface area contributed by atoms with Crippen LogP contribution >= 0.6 is 0 Å². The number of benzene rings is 1. The predicted molar refractivity (Wildman–Crippen MR) is 100 cm³/mol. The molecule has 1 N–H and O–H groups in total. The molecule has 0 saturated carbocycles. The summed E-state index contributed by atoms with van der Waals surface area (Å²) >= 11 is 0. The smallest absolute Gasteiger partial charge is 0.254 e. The van der Waals surface area contributed by atoms with Gasteiger partial charge in [-0.15, -0.1) is 0 Å². The van der Waals surface area contributed by atoms with Crippen LogP contribution in [0.15, 0.2) is 35.1 Å². The topological polar surface area (TPSA) is 93.9 Å². The van der Waals surface area contributed by atoms with Crippen molar-refractivity contribution in [1.82, 2.24) is 10.1 Å². The fraction of sp³-hybridized carbons (Fsp3) is 0.421. The van der Waals surface area contributed by atoms with Crippen molar-refractivity contribution in [3.8, 4) is 11.5 Å². The van der Waals surface area contributed by atoms with Crippen molar-refractivity contribution < 1.29 is 23.6 Å². The molecule has 2 amide bonds. The molecule has 2 aromatic rings. The molecule has 0 bridgehead atoms. The third-order valence-corrected chi connectivity index (χ3v) is 3.90. The van der Waals surface area contributed by atoms with Crippen molar-refractivity contribution in [2.24, 2.45) is 5.92 Å². The monoisotopic (exact) mass is 375 g/mol. The van der Waals surface area contributed by atoms with E-state index < -0.39 is 0 Å². The van der Waals surface area contributed by atoms with E-state index in [0.29, 0.717) is 35.3 Å². The summed E-state index contributed by atoms with van der Waals surface area (Å²) in [5.41, 5.74) is 0.393. The van der Waals surface area contributed by atoms with Gasteiger partial charge < -0.3 is 24.2 Å². The summed E-state index contributed by atoms with van der Waals surface area (Å²) in [5.74, 6) is 1.08. The molecular weight excluding hydrogens is 350 g/mol. The van der Waals surface area contributed by atoms with Gasteiger partial charge in [0, 0.05) is 24.2 Å². The summed E-state index contributed by atoms with van der Waals surface area (Å²) in [6, 6.07) is 6.48. The highest BCUT2D eigenvalue weighted by molar-refractivity contribution is 5.99. The molecular formula is C19H25N3O5. The number of anilines is 1. The van der Waals surface area contributed by atoms with Gasteiger partial charge in [0.25, 0.3) is 5.91 Å². The lowest BCUT2D eigenvalue weighted by Crippen LogP contribution is -2.39. The summed E-state index contributed by atoms with van der Waals surface area (Å²) in [6.45, 7) is 4.47. The van der Waals surface area contributed by atoms with Gasteiger partial charge >= 0.3 is 0 Å². The maximum Gasteiger partial charge on any atom is 0.254 e. The highest BCUT2D eigenvalue weighted by Crippen LogP contribution is 2.23. The summed E-state index contributed by atoms with van der Waals surface area (Å²) in [7, 11) is 3.04. The Morgan fingerprint density at radius 2 is 1.85 bits per heavy atom. The van der Waals surface area contributed by atoms with Crippen LogP contribution < -0.4 is 14.8 Å². The van der Waals surface area contributed by atoms with Gasteiger partial charge in [0.2, 0.25) is 5.91 Å². The minimum absolute atomic E-state index is 0.0993. The van der Waals surface area contributed by atoms with E-state index >= 15 is 0 Å². The Morgan fingerprint density at radius 3 is 2.37 bits per heavy atom. The van der Waals surface area contributed by atoms with Crippen molar-refractivity contribution in [1.29, 1.82) is 0 Å². The van der Waals surface area contributed by atoms with Crippen LogP contribution in [-0.4, -0.2) is 49.2 Å². The third kappa shape index (κ3) is 6.02. The number of carbonyl (C=O) groups excluding carboxylic acids is 2. The molecule has 0 radical (unpaired) electrons. The highest BCUT2D eigenvalue weighted by atomic mass is 16.5. The first-order valence-corrected chi connectivity index (χ1v) is 8.65. The van der Waals surface area contributed by atoms with E-state index in [0.717, 1.165) is 6.42 Å². The fourth-order valence-corrected chi connectivity index (χ4v) is 2.41. The van der Waals surface area contributed by atoms with Gasteiger partial charge in [-0.1, -0.05) is 19.0 Å². The number of aromatic nitrogens is 1. The van der Waals surface area contributed by atoms with Crippen LogP contribution in [0.1, 0.15) is 30.6 Å². The van der Waals surface area contributed by atoms with Crippen molar-refractivity contribution in [3.05, 3.63) is 36.1 Å². The highest BCUT2D eigenvalue weighted by Gasteiger charge is 2.21. The Labute approximate surface area is 158 Å². The molecule has 0 unspecified atom stereocenters. The number of rotatable bonds is 9. The molecule has 0 saturated heterocycles. The second kappa shape index (κ2) is 9.61. The van der Waals surface area contributed by atoms with Crippen molar-refractivity contribution in [2.45, 2.75) is 20.3 Å². The van der Waals surface area contributed by atoms with E-state index in [9.17, 15) is 9.59 Å². The lowest BCUT2D eigenvalue weighted by Gasteiger charge is -2.23. The van der Waals surface area contributed by atoms with Crippen molar-refractivity contribution in [3.63, 3.8) is 0 Å². The number of nitrogens with one attached hydrogen (secondary N) is 1. The van der Waals surface area contributed by atoms with Crippen LogP contribution in [0, 0.1) is 5.92 Å². The molecule has 1 heterocycles. The Kier molecular flexibility index (Phi) is 7.22. The predicted octanol–water partition coefficient (Wildman–Crippen LogP) is 2.82. The average Bonchev–Trinajstić information content (AvgIpc) is 3.16. The molecule has 0 aliphatic heterocycles. The van der Waals surface area contributed by atoms with E-state index in [4.69, 9.17) is 14.0 Å². The number of hydrogen-bond acceptors (Lipinski definition) is 6. The first-order valence-electron chi connectivity index (χ1n) is 8.65. The zero-order chi connectivity index (χ0) is 19.8. The summed E-state index contributed by atoms with van der Waals surface area (Å²) in [6.07, 6.45) is 2.13. The molecule has 8 heteroatoms. The molecule has 0 atom stereocenters. The second-order valence-electron chi connectivity index (χ2n) is 6.44. The molecule has 1 aromatic heterocycles. The summed E-state index contributed by atoms with van der Waals surface area (Å²) in [4.78, 5) is 26.8. The lowest BCUT2D eigenvalue weighted by atomic mass is 10.1. The van der Waals surface area contributed by atoms with Crippen LogP contribution in [0.5, 0.6) is 11.5 Å². The second-order valence-corrected chi connectivity index (χ2v) is 6.44. The van der Waals surface area contributed by atoms with Crippen molar-refractivity contribution in [2.75, 3.05) is 32.6 Å². The van der Waals surface area contributed by atoms with Crippen LogP contribution in [0.4, 0.5) is 5.82 Å². The number of hydrogen-bond donors (Lipinski definition) is 1. The third-order valence-electron chi connectivity index (χ3n) is 3.90. The maximum absolute atomic E-state index is 13.0. The van der Waals surface area contributed by atoms with E-state index in [1.54, 1.807) is 18.2 Å². The molecule has 0 spiro atoms. The van der Waals surface area contributed by atoms with Gasteiger partial charge in [0.1, 0.15) is 24.3 Å². The Balaban J connectivity index is 2.18. The quantitative estimate of drug-likeness (QED) is 0.724. The number of nitrogens with zero attached hydrogens (tertiary/aromatic N) is 2. The van der Waals surface area contributed by atoms with Crippen LogP contribution in [0.25, 0.3) is 0 Å². The molecule has 0 fully saturated rings. The molecule has 0 aliphatic carbocycles. The Bertz CT molecular complexity index is 736. The fourth-order valence-electron chi connectivity index (χ4n) is 2.41. The summed E-state index contributed by atoms with van der Waals surface area (Å²) in [5, 5.41) is 6.25.